The van der Waals surface area contributed by atoms with Gasteiger partial charge in [-0.25, -0.2) is 4.98 Å². The molecule has 0 spiro atoms. The minimum absolute atomic E-state index is 0. The zero-order valence-corrected chi connectivity index (χ0v) is 16.1. The third kappa shape index (κ3) is 6.18. The molecule has 0 saturated carbocycles. The Morgan fingerprint density at radius 1 is 1.07 bits per heavy atom. The molecule has 2 atom stereocenters. The van der Waals surface area contributed by atoms with E-state index in [1.54, 1.807) is 36.4 Å². The molecule has 3 rings (SSSR count). The molecule has 2 amide bonds. The van der Waals surface area contributed by atoms with Gasteiger partial charge in [-0.1, -0.05) is 18.2 Å². The summed E-state index contributed by atoms with van der Waals surface area (Å²) in [6, 6.07) is 12.2. The van der Waals surface area contributed by atoms with Crippen molar-refractivity contribution < 1.29 is 14.3 Å². The van der Waals surface area contributed by atoms with Crippen LogP contribution >= 0.6 is 24.8 Å². The summed E-state index contributed by atoms with van der Waals surface area (Å²) in [4.78, 5) is 28.4. The van der Waals surface area contributed by atoms with Gasteiger partial charge in [0.05, 0.1) is 18.0 Å². The van der Waals surface area contributed by atoms with Gasteiger partial charge in [0.25, 0.3) is 11.8 Å². The summed E-state index contributed by atoms with van der Waals surface area (Å²) < 4.78 is 5.56. The van der Waals surface area contributed by atoms with Gasteiger partial charge in [-0.15, -0.1) is 24.8 Å². The number of ether oxygens (including phenoxy) is 1. The predicted molar refractivity (Wildman–Crippen MR) is 109 cm³/mol. The number of aromatic nitrogens is 1. The second-order valence-corrected chi connectivity index (χ2v) is 5.80. The topological polar surface area (TPSA) is 106 Å². The molecular weight excluding hydrogens is 391 g/mol. The lowest BCUT2D eigenvalue weighted by Gasteiger charge is -2.12. The fourth-order valence-electron chi connectivity index (χ4n) is 2.61. The Balaban J connectivity index is 0.00000182. The van der Waals surface area contributed by atoms with Crippen molar-refractivity contribution in [2.24, 2.45) is 5.73 Å². The molecule has 9 heteroatoms. The van der Waals surface area contributed by atoms with E-state index in [-0.39, 0.29) is 42.7 Å². The summed E-state index contributed by atoms with van der Waals surface area (Å²) in [5.74, 6) is -0.0388. The van der Waals surface area contributed by atoms with Crippen LogP contribution in [0.25, 0.3) is 0 Å². The summed E-state index contributed by atoms with van der Waals surface area (Å²) in [7, 11) is 0. The number of halogens is 2. The molecule has 0 radical (unpaired) electrons. The van der Waals surface area contributed by atoms with E-state index in [0.717, 1.165) is 6.42 Å². The Bertz CT molecular complexity index is 744. The molecule has 7 nitrogen and oxygen atoms in total. The molecule has 2 heterocycles. The van der Waals surface area contributed by atoms with E-state index in [1.807, 2.05) is 6.07 Å². The van der Waals surface area contributed by atoms with Gasteiger partial charge < -0.3 is 21.1 Å². The van der Waals surface area contributed by atoms with E-state index < -0.39 is 6.10 Å². The number of carbonyl (C=O) groups is 2. The molecule has 0 aliphatic carbocycles. The first kappa shape index (κ1) is 22.9. The van der Waals surface area contributed by atoms with Gasteiger partial charge in [-0.2, -0.15) is 0 Å². The van der Waals surface area contributed by atoms with Gasteiger partial charge >= 0.3 is 0 Å². The second-order valence-electron chi connectivity index (χ2n) is 5.80. The first-order valence-corrected chi connectivity index (χ1v) is 8.14. The standard InChI is InChI=1S/C18H20N4O3.2ClH/c19-10-14-7-8-15(25-14)18(24)21-13-6-9-16(20-11-13)22-17(23)12-4-2-1-3-5-12;;/h1-6,9,11,14-15H,7-8,10,19H2,(H,21,24)(H,20,22,23);2*1H/t14-,15+;;/m1../s1. The molecule has 1 aliphatic heterocycles. The number of nitrogens with one attached hydrogen (secondary N) is 2. The molecular formula is C18H22Cl2N4O3. The minimum atomic E-state index is -0.481. The van der Waals surface area contributed by atoms with Crippen LogP contribution in [0.3, 0.4) is 0 Å². The van der Waals surface area contributed by atoms with Crippen LogP contribution in [0, 0.1) is 0 Å². The fourth-order valence-corrected chi connectivity index (χ4v) is 2.61. The smallest absolute Gasteiger partial charge is 0.256 e. The van der Waals surface area contributed by atoms with Crippen LogP contribution in [0.1, 0.15) is 23.2 Å². The number of rotatable bonds is 5. The quantitative estimate of drug-likeness (QED) is 0.699. The number of benzene rings is 1. The molecule has 27 heavy (non-hydrogen) atoms. The lowest BCUT2D eigenvalue weighted by atomic mass is 10.2. The van der Waals surface area contributed by atoms with E-state index in [0.29, 0.717) is 30.0 Å². The highest BCUT2D eigenvalue weighted by Gasteiger charge is 2.29. The number of amides is 2. The molecule has 1 aromatic carbocycles. The SMILES string of the molecule is Cl.Cl.NC[C@H]1CC[C@@H](C(=O)Nc2ccc(NC(=O)c3ccccc3)nc2)O1. The largest absolute Gasteiger partial charge is 0.364 e. The normalized spacial score (nSPS) is 18.0. The van der Waals surface area contributed by atoms with Gasteiger partial charge in [0.2, 0.25) is 0 Å². The Morgan fingerprint density at radius 2 is 1.81 bits per heavy atom. The zero-order chi connectivity index (χ0) is 17.6. The first-order chi connectivity index (χ1) is 12.2. The number of nitrogens with two attached hydrogens (primary N) is 1. The number of pyridine rings is 1. The first-order valence-electron chi connectivity index (χ1n) is 8.14. The predicted octanol–water partition coefficient (Wildman–Crippen LogP) is 2.62. The van der Waals surface area contributed by atoms with E-state index in [1.165, 1.54) is 6.20 Å². The molecule has 4 N–H and O–H groups in total. The van der Waals surface area contributed by atoms with Crippen molar-refractivity contribution in [3.8, 4) is 0 Å². The highest BCUT2D eigenvalue weighted by atomic mass is 35.5. The van der Waals surface area contributed by atoms with Crippen LogP contribution in [0.5, 0.6) is 0 Å². The van der Waals surface area contributed by atoms with E-state index >= 15 is 0 Å². The van der Waals surface area contributed by atoms with Crippen molar-refractivity contribution >= 4 is 48.1 Å². The number of hydrogen-bond acceptors (Lipinski definition) is 5. The molecule has 2 aromatic rings. The molecule has 1 fully saturated rings. The maximum atomic E-state index is 12.1. The Morgan fingerprint density at radius 3 is 2.41 bits per heavy atom. The van der Waals surface area contributed by atoms with Gasteiger partial charge in [0.1, 0.15) is 11.9 Å². The van der Waals surface area contributed by atoms with Gasteiger partial charge in [0.15, 0.2) is 0 Å². The van der Waals surface area contributed by atoms with Crippen LogP contribution in [0.2, 0.25) is 0 Å². The van der Waals surface area contributed by atoms with Gasteiger partial charge in [0, 0.05) is 12.1 Å². The van der Waals surface area contributed by atoms with Gasteiger partial charge in [-0.3, -0.25) is 9.59 Å². The molecule has 1 aliphatic rings. The maximum Gasteiger partial charge on any atom is 0.256 e. The Hall–Kier alpha value is -2.19. The van der Waals surface area contributed by atoms with Crippen LogP contribution < -0.4 is 16.4 Å². The summed E-state index contributed by atoms with van der Waals surface area (Å²) in [5.41, 5.74) is 6.64. The van der Waals surface area contributed by atoms with Crippen molar-refractivity contribution in [3.05, 3.63) is 54.2 Å². The molecule has 1 aromatic heterocycles. The van der Waals surface area contributed by atoms with Crippen LogP contribution in [-0.4, -0.2) is 35.6 Å². The van der Waals surface area contributed by atoms with Crippen molar-refractivity contribution in [2.45, 2.75) is 25.0 Å². The lowest BCUT2D eigenvalue weighted by Crippen LogP contribution is -2.29. The van der Waals surface area contributed by atoms with Crippen molar-refractivity contribution in [3.63, 3.8) is 0 Å². The third-order valence-corrected chi connectivity index (χ3v) is 3.97. The summed E-state index contributed by atoms with van der Waals surface area (Å²) >= 11 is 0. The van der Waals surface area contributed by atoms with Gasteiger partial charge in [-0.05, 0) is 37.1 Å². The van der Waals surface area contributed by atoms with Crippen molar-refractivity contribution in [1.82, 2.24) is 4.98 Å². The summed E-state index contributed by atoms with van der Waals surface area (Å²) in [6.07, 6.45) is 2.41. The van der Waals surface area contributed by atoms with E-state index in [9.17, 15) is 9.59 Å². The fraction of sp³-hybridized carbons (Fsp3) is 0.278. The van der Waals surface area contributed by atoms with E-state index in [2.05, 4.69) is 15.6 Å². The molecule has 146 valence electrons. The highest BCUT2D eigenvalue weighted by Crippen LogP contribution is 2.20. The van der Waals surface area contributed by atoms with Crippen molar-refractivity contribution in [1.29, 1.82) is 0 Å². The number of hydrogen-bond donors (Lipinski definition) is 3. The average molecular weight is 413 g/mol. The minimum Gasteiger partial charge on any atom is -0.364 e. The molecule has 0 unspecified atom stereocenters. The summed E-state index contributed by atoms with van der Waals surface area (Å²) in [6.45, 7) is 0.418. The molecule has 1 saturated heterocycles. The zero-order valence-electron chi connectivity index (χ0n) is 14.5. The number of carbonyl (C=O) groups excluding carboxylic acids is 2. The van der Waals surface area contributed by atoms with Crippen LogP contribution in [-0.2, 0) is 9.53 Å². The van der Waals surface area contributed by atoms with Crippen LogP contribution in [0.15, 0.2) is 48.7 Å². The summed E-state index contributed by atoms with van der Waals surface area (Å²) in [5, 5.41) is 5.47. The number of nitrogens with zero attached hydrogens (tertiary/aromatic N) is 1. The monoisotopic (exact) mass is 412 g/mol. The molecule has 0 bridgehead atoms. The average Bonchev–Trinajstić information content (AvgIpc) is 3.13. The Labute approximate surface area is 169 Å². The van der Waals surface area contributed by atoms with E-state index in [4.69, 9.17) is 10.5 Å². The third-order valence-electron chi connectivity index (χ3n) is 3.97. The highest BCUT2D eigenvalue weighted by molar-refractivity contribution is 6.03. The maximum absolute atomic E-state index is 12.1. The number of anilines is 2. The second kappa shape index (κ2) is 10.8. The van der Waals surface area contributed by atoms with Crippen molar-refractivity contribution in [2.75, 3.05) is 17.2 Å². The van der Waals surface area contributed by atoms with Crippen LogP contribution in [0.4, 0.5) is 11.5 Å². The lowest BCUT2D eigenvalue weighted by molar-refractivity contribution is -0.126. The Kier molecular flexibility index (Phi) is 9.17.